The number of nitrogens with zero attached hydrogens (tertiary/aromatic N) is 4. The molecule has 0 spiro atoms. The van der Waals surface area contributed by atoms with Crippen molar-refractivity contribution in [3.63, 3.8) is 0 Å². The molecule has 2 amide bonds. The molecule has 160 valence electrons. The number of hydrogen-bond donors (Lipinski definition) is 0. The average molecular weight is 433 g/mol. The Bertz CT molecular complexity index is 972. The Morgan fingerprint density at radius 2 is 1.70 bits per heavy atom. The lowest BCUT2D eigenvalue weighted by atomic mass is 10.2. The first-order valence-corrected chi connectivity index (χ1v) is 11.5. The third kappa shape index (κ3) is 5.76. The summed E-state index contributed by atoms with van der Waals surface area (Å²) in [5, 5.41) is 0. The van der Waals surface area contributed by atoms with Gasteiger partial charge < -0.3 is 14.5 Å². The van der Waals surface area contributed by atoms with Crippen LogP contribution in [0.2, 0.25) is 0 Å². The highest BCUT2D eigenvalue weighted by Gasteiger charge is 2.25. The number of benzene rings is 1. The summed E-state index contributed by atoms with van der Waals surface area (Å²) < 4.78 is 28.5. The van der Waals surface area contributed by atoms with Crippen LogP contribution in [0.25, 0.3) is 0 Å². The molecule has 30 heavy (non-hydrogen) atoms. The van der Waals surface area contributed by atoms with Gasteiger partial charge >= 0.3 is 0 Å². The molecule has 1 aromatic heterocycles. The molecular formula is C20H24N4O5S. The highest BCUT2D eigenvalue weighted by Crippen LogP contribution is 2.16. The van der Waals surface area contributed by atoms with E-state index in [0.717, 1.165) is 6.26 Å². The van der Waals surface area contributed by atoms with Gasteiger partial charge in [-0.25, -0.2) is 13.4 Å². The molecule has 0 radical (unpaired) electrons. The smallest absolute Gasteiger partial charge is 0.274 e. The second-order valence-electron chi connectivity index (χ2n) is 6.96. The van der Waals surface area contributed by atoms with E-state index in [1.165, 1.54) is 30.7 Å². The van der Waals surface area contributed by atoms with Crippen molar-refractivity contribution in [3.8, 4) is 5.75 Å². The Morgan fingerprint density at radius 3 is 2.30 bits per heavy atom. The molecule has 0 unspecified atom stereocenters. The first-order valence-electron chi connectivity index (χ1n) is 9.60. The van der Waals surface area contributed by atoms with E-state index in [1.54, 1.807) is 21.9 Å². The summed E-state index contributed by atoms with van der Waals surface area (Å²) in [5.74, 6) is 0.411. The molecule has 0 saturated carbocycles. The number of carbonyl (C=O) groups excluding carboxylic acids is 2. The lowest BCUT2D eigenvalue weighted by Crippen LogP contribution is -2.50. The third-order valence-electron chi connectivity index (χ3n) is 4.76. The van der Waals surface area contributed by atoms with Gasteiger partial charge in [-0.2, -0.15) is 0 Å². The van der Waals surface area contributed by atoms with Gasteiger partial charge in [0.2, 0.25) is 5.91 Å². The van der Waals surface area contributed by atoms with Gasteiger partial charge in [0, 0.05) is 51.2 Å². The average Bonchev–Trinajstić information content (AvgIpc) is 2.76. The number of aromatic nitrogens is 2. The van der Waals surface area contributed by atoms with E-state index in [0.29, 0.717) is 57.1 Å². The zero-order valence-corrected chi connectivity index (χ0v) is 17.5. The lowest BCUT2D eigenvalue weighted by molar-refractivity contribution is -0.132. The van der Waals surface area contributed by atoms with Crippen LogP contribution in [-0.4, -0.2) is 79.0 Å². The summed E-state index contributed by atoms with van der Waals surface area (Å²) in [6.07, 6.45) is 6.48. The number of piperazine rings is 1. The van der Waals surface area contributed by atoms with Crippen molar-refractivity contribution in [1.82, 2.24) is 19.8 Å². The van der Waals surface area contributed by atoms with Crippen LogP contribution in [0.1, 0.15) is 23.3 Å². The summed E-state index contributed by atoms with van der Waals surface area (Å²) in [6, 6.07) is 6.20. The van der Waals surface area contributed by atoms with Crippen LogP contribution < -0.4 is 4.74 Å². The monoisotopic (exact) mass is 432 g/mol. The SMILES string of the molecule is CS(=O)(=O)c1ccc(OCCCC(=O)N2CCN(C(=O)c3cnccn3)CC2)cc1. The highest BCUT2D eigenvalue weighted by molar-refractivity contribution is 7.90. The van der Waals surface area contributed by atoms with Crippen LogP contribution in [0.15, 0.2) is 47.8 Å². The van der Waals surface area contributed by atoms with Gasteiger partial charge in [-0.05, 0) is 30.7 Å². The minimum absolute atomic E-state index is 0.0256. The maximum atomic E-state index is 12.4. The molecule has 1 aromatic carbocycles. The predicted molar refractivity (Wildman–Crippen MR) is 109 cm³/mol. The highest BCUT2D eigenvalue weighted by atomic mass is 32.2. The van der Waals surface area contributed by atoms with Crippen LogP contribution in [0, 0.1) is 0 Å². The quantitative estimate of drug-likeness (QED) is 0.601. The molecule has 1 aliphatic rings. The molecular weight excluding hydrogens is 408 g/mol. The van der Waals surface area contributed by atoms with E-state index in [9.17, 15) is 18.0 Å². The van der Waals surface area contributed by atoms with Crippen molar-refractivity contribution < 1.29 is 22.7 Å². The number of rotatable bonds is 7. The number of amides is 2. The molecule has 0 bridgehead atoms. The summed E-state index contributed by atoms with van der Waals surface area (Å²) in [7, 11) is -3.23. The van der Waals surface area contributed by atoms with Crippen molar-refractivity contribution in [2.75, 3.05) is 39.0 Å². The molecule has 3 rings (SSSR count). The van der Waals surface area contributed by atoms with Crippen LogP contribution in [0.4, 0.5) is 0 Å². The number of carbonyl (C=O) groups is 2. The van der Waals surface area contributed by atoms with Crippen molar-refractivity contribution in [3.05, 3.63) is 48.5 Å². The van der Waals surface area contributed by atoms with E-state index < -0.39 is 9.84 Å². The largest absolute Gasteiger partial charge is 0.494 e. The van der Waals surface area contributed by atoms with E-state index in [1.807, 2.05) is 0 Å². The molecule has 0 aliphatic carbocycles. The predicted octanol–water partition coefficient (Wildman–Crippen LogP) is 1.02. The Balaban J connectivity index is 1.37. The topological polar surface area (TPSA) is 110 Å². The maximum absolute atomic E-state index is 12.4. The molecule has 2 heterocycles. The van der Waals surface area contributed by atoms with Gasteiger partial charge in [0.25, 0.3) is 5.91 Å². The first kappa shape index (κ1) is 21.7. The molecule has 1 saturated heterocycles. The van der Waals surface area contributed by atoms with Crippen molar-refractivity contribution >= 4 is 21.7 Å². The van der Waals surface area contributed by atoms with E-state index in [2.05, 4.69) is 9.97 Å². The molecule has 0 atom stereocenters. The second-order valence-corrected chi connectivity index (χ2v) is 8.97. The minimum atomic E-state index is -3.23. The van der Waals surface area contributed by atoms with Crippen LogP contribution in [0.5, 0.6) is 5.75 Å². The summed E-state index contributed by atoms with van der Waals surface area (Å²) in [6.45, 7) is 2.25. The van der Waals surface area contributed by atoms with Gasteiger partial charge in [0.15, 0.2) is 9.84 Å². The van der Waals surface area contributed by atoms with Crippen molar-refractivity contribution in [2.24, 2.45) is 0 Å². The van der Waals surface area contributed by atoms with Crippen molar-refractivity contribution in [2.45, 2.75) is 17.7 Å². The van der Waals surface area contributed by atoms with Gasteiger partial charge in [-0.3, -0.25) is 14.6 Å². The van der Waals surface area contributed by atoms with Gasteiger partial charge in [0.1, 0.15) is 11.4 Å². The Labute approximate surface area is 175 Å². The van der Waals surface area contributed by atoms with Crippen molar-refractivity contribution in [1.29, 1.82) is 0 Å². The molecule has 10 heteroatoms. The van der Waals surface area contributed by atoms with Gasteiger partial charge in [-0.15, -0.1) is 0 Å². The fraction of sp³-hybridized carbons (Fsp3) is 0.400. The Morgan fingerprint density at radius 1 is 1.03 bits per heavy atom. The van der Waals surface area contributed by atoms with Gasteiger partial charge in [0.05, 0.1) is 17.7 Å². The van der Waals surface area contributed by atoms with E-state index >= 15 is 0 Å². The molecule has 9 nitrogen and oxygen atoms in total. The summed E-state index contributed by atoms with van der Waals surface area (Å²) >= 11 is 0. The summed E-state index contributed by atoms with van der Waals surface area (Å²) in [5.41, 5.74) is 0.305. The number of ether oxygens (including phenoxy) is 1. The summed E-state index contributed by atoms with van der Waals surface area (Å²) in [4.78, 5) is 36.4. The lowest BCUT2D eigenvalue weighted by Gasteiger charge is -2.34. The zero-order valence-electron chi connectivity index (χ0n) is 16.7. The molecule has 0 N–H and O–H groups in total. The van der Waals surface area contributed by atoms with E-state index in [4.69, 9.17) is 4.74 Å². The van der Waals surface area contributed by atoms with E-state index in [-0.39, 0.29) is 16.7 Å². The molecule has 2 aromatic rings. The Hall–Kier alpha value is -3.01. The van der Waals surface area contributed by atoms with Crippen LogP contribution >= 0.6 is 0 Å². The van der Waals surface area contributed by atoms with Crippen LogP contribution in [-0.2, 0) is 14.6 Å². The third-order valence-corrected chi connectivity index (χ3v) is 5.89. The van der Waals surface area contributed by atoms with Gasteiger partial charge in [-0.1, -0.05) is 0 Å². The standard InChI is InChI=1S/C20H24N4O5S/c1-30(27,28)17-6-4-16(5-7-17)29-14-2-3-19(25)23-10-12-24(13-11-23)20(26)18-15-21-8-9-22-18/h4-9,15H,2-3,10-14H2,1H3. The minimum Gasteiger partial charge on any atom is -0.494 e. The molecule has 1 aliphatic heterocycles. The normalized spacial score (nSPS) is 14.4. The Kier molecular flexibility index (Phi) is 6.99. The zero-order chi connectivity index (χ0) is 21.6. The number of sulfone groups is 1. The first-order chi connectivity index (χ1) is 14.3. The maximum Gasteiger partial charge on any atom is 0.274 e. The molecule has 1 fully saturated rings. The van der Waals surface area contributed by atoms with Crippen LogP contribution in [0.3, 0.4) is 0 Å². The second kappa shape index (κ2) is 9.66. The fourth-order valence-electron chi connectivity index (χ4n) is 3.09. The fourth-order valence-corrected chi connectivity index (χ4v) is 3.72. The number of hydrogen-bond acceptors (Lipinski definition) is 7.